The summed E-state index contributed by atoms with van der Waals surface area (Å²) in [5.74, 6) is 2.32. The van der Waals surface area contributed by atoms with E-state index in [9.17, 15) is 4.79 Å². The molecule has 0 aliphatic rings. The van der Waals surface area contributed by atoms with Crippen LogP contribution >= 0.6 is 27.7 Å². The fourth-order valence-corrected chi connectivity index (χ4v) is 4.03. The summed E-state index contributed by atoms with van der Waals surface area (Å²) in [6.45, 7) is 2.63. The molecule has 31 heavy (non-hydrogen) atoms. The second-order valence-electron chi connectivity index (χ2n) is 6.31. The van der Waals surface area contributed by atoms with Gasteiger partial charge in [-0.1, -0.05) is 27.7 Å². The number of methoxy groups -OCH3 is 3. The molecule has 1 heterocycles. The van der Waals surface area contributed by atoms with Gasteiger partial charge in [0.2, 0.25) is 11.7 Å². The highest BCUT2D eigenvalue weighted by Crippen LogP contribution is 2.41. The molecule has 0 atom stereocenters. The Morgan fingerprint density at radius 2 is 1.71 bits per heavy atom. The van der Waals surface area contributed by atoms with Crippen LogP contribution in [0.4, 0.5) is 5.69 Å². The minimum atomic E-state index is -0.118. The van der Waals surface area contributed by atoms with Crippen LogP contribution in [0.3, 0.4) is 0 Å². The van der Waals surface area contributed by atoms with Crippen LogP contribution in [0.1, 0.15) is 6.92 Å². The van der Waals surface area contributed by atoms with Crippen molar-refractivity contribution in [2.45, 2.75) is 18.6 Å². The molecule has 3 rings (SSSR count). The number of nitrogens with one attached hydrogen (secondary N) is 1. The summed E-state index contributed by atoms with van der Waals surface area (Å²) >= 11 is 4.70. The lowest BCUT2D eigenvalue weighted by Crippen LogP contribution is -2.14. The van der Waals surface area contributed by atoms with Crippen molar-refractivity contribution < 1.29 is 19.0 Å². The highest BCUT2D eigenvalue weighted by molar-refractivity contribution is 9.10. The van der Waals surface area contributed by atoms with Gasteiger partial charge in [-0.05, 0) is 43.3 Å². The smallest absolute Gasteiger partial charge is 0.234 e. The van der Waals surface area contributed by atoms with E-state index in [1.165, 1.54) is 11.8 Å². The minimum absolute atomic E-state index is 0.118. The van der Waals surface area contributed by atoms with E-state index in [0.717, 1.165) is 15.7 Å². The number of halogens is 1. The fraction of sp³-hybridized carbons (Fsp3) is 0.286. The zero-order chi connectivity index (χ0) is 22.4. The van der Waals surface area contributed by atoms with E-state index in [0.29, 0.717) is 34.8 Å². The Morgan fingerprint density at radius 3 is 2.26 bits per heavy atom. The zero-order valence-electron chi connectivity index (χ0n) is 17.6. The van der Waals surface area contributed by atoms with Crippen molar-refractivity contribution in [2.24, 2.45) is 0 Å². The van der Waals surface area contributed by atoms with Gasteiger partial charge in [0.05, 0.1) is 27.1 Å². The van der Waals surface area contributed by atoms with Crippen LogP contribution in [0.25, 0.3) is 11.4 Å². The molecule has 0 saturated heterocycles. The van der Waals surface area contributed by atoms with Crippen LogP contribution in [0.5, 0.6) is 17.2 Å². The molecule has 1 N–H and O–H groups in total. The molecule has 0 fully saturated rings. The topological polar surface area (TPSA) is 87.5 Å². The molecule has 1 amide bonds. The van der Waals surface area contributed by atoms with Gasteiger partial charge in [0.25, 0.3) is 0 Å². The molecule has 0 aliphatic heterocycles. The maximum absolute atomic E-state index is 12.3. The van der Waals surface area contributed by atoms with Gasteiger partial charge in [-0.3, -0.25) is 4.79 Å². The zero-order valence-corrected chi connectivity index (χ0v) is 20.0. The first-order valence-electron chi connectivity index (χ1n) is 9.42. The van der Waals surface area contributed by atoms with Gasteiger partial charge in [-0.15, -0.1) is 10.2 Å². The van der Waals surface area contributed by atoms with Gasteiger partial charge < -0.3 is 24.1 Å². The highest BCUT2D eigenvalue weighted by atomic mass is 79.9. The van der Waals surface area contributed by atoms with E-state index in [4.69, 9.17) is 14.2 Å². The van der Waals surface area contributed by atoms with E-state index in [1.807, 2.05) is 47.9 Å². The summed E-state index contributed by atoms with van der Waals surface area (Å²) in [5.41, 5.74) is 1.51. The van der Waals surface area contributed by atoms with E-state index >= 15 is 0 Å². The molecule has 0 spiro atoms. The number of carbonyl (C=O) groups is 1. The molecule has 2 aromatic carbocycles. The number of anilines is 1. The highest BCUT2D eigenvalue weighted by Gasteiger charge is 2.19. The predicted octanol–water partition coefficient (Wildman–Crippen LogP) is 4.48. The van der Waals surface area contributed by atoms with Gasteiger partial charge in [0.1, 0.15) is 0 Å². The van der Waals surface area contributed by atoms with Crippen molar-refractivity contribution in [3.05, 3.63) is 40.9 Å². The first-order valence-corrected chi connectivity index (χ1v) is 11.2. The minimum Gasteiger partial charge on any atom is -0.493 e. The largest absolute Gasteiger partial charge is 0.493 e. The van der Waals surface area contributed by atoms with Crippen LogP contribution < -0.4 is 19.5 Å². The standard InChI is InChI=1S/C21H23BrN4O4S/c1-5-26-20(13-10-16(28-2)19(30-4)17(11-13)29-3)24-25-21(26)31-12-18(27)23-15-8-6-14(22)7-9-15/h6-11H,5,12H2,1-4H3,(H,23,27). The molecule has 0 radical (unpaired) electrons. The SMILES string of the molecule is CCn1c(SCC(=O)Nc2ccc(Br)cc2)nnc1-c1cc(OC)c(OC)c(OC)c1. The third-order valence-corrected chi connectivity index (χ3v) is 5.91. The van der Waals surface area contributed by atoms with Crippen LogP contribution in [-0.2, 0) is 11.3 Å². The Kier molecular flexibility index (Phi) is 7.80. The molecule has 1 aromatic heterocycles. The molecule has 0 aliphatic carbocycles. The number of thioether (sulfide) groups is 1. The third kappa shape index (κ3) is 5.31. The Hall–Kier alpha value is -2.72. The molecular weight excluding hydrogens is 484 g/mol. The lowest BCUT2D eigenvalue weighted by atomic mass is 10.1. The number of amides is 1. The number of aromatic nitrogens is 3. The summed E-state index contributed by atoms with van der Waals surface area (Å²) in [6.07, 6.45) is 0. The molecule has 0 bridgehead atoms. The summed E-state index contributed by atoms with van der Waals surface area (Å²) in [7, 11) is 4.69. The van der Waals surface area contributed by atoms with Gasteiger partial charge in [0, 0.05) is 22.3 Å². The summed E-state index contributed by atoms with van der Waals surface area (Å²) in [4.78, 5) is 12.3. The van der Waals surface area contributed by atoms with Crippen LogP contribution in [0, 0.1) is 0 Å². The van der Waals surface area contributed by atoms with Crippen LogP contribution in [0.15, 0.2) is 46.0 Å². The molecule has 0 saturated carbocycles. The van der Waals surface area contributed by atoms with E-state index in [-0.39, 0.29) is 11.7 Å². The number of hydrogen-bond acceptors (Lipinski definition) is 7. The maximum atomic E-state index is 12.3. The molecule has 8 nitrogen and oxygen atoms in total. The first-order chi connectivity index (χ1) is 15.0. The molecule has 3 aromatic rings. The predicted molar refractivity (Wildman–Crippen MR) is 124 cm³/mol. The summed E-state index contributed by atoms with van der Waals surface area (Å²) in [6, 6.07) is 11.1. The van der Waals surface area contributed by atoms with E-state index in [1.54, 1.807) is 21.3 Å². The van der Waals surface area contributed by atoms with Crippen molar-refractivity contribution in [3.63, 3.8) is 0 Å². The lowest BCUT2D eigenvalue weighted by Gasteiger charge is -2.14. The fourth-order valence-electron chi connectivity index (χ4n) is 2.96. The van der Waals surface area contributed by atoms with E-state index in [2.05, 4.69) is 31.4 Å². The van der Waals surface area contributed by atoms with Crippen LogP contribution in [0.2, 0.25) is 0 Å². The van der Waals surface area contributed by atoms with Crippen molar-refractivity contribution in [1.82, 2.24) is 14.8 Å². The summed E-state index contributed by atoms with van der Waals surface area (Å²) < 4.78 is 19.2. The molecule has 0 unspecified atom stereocenters. The second-order valence-corrected chi connectivity index (χ2v) is 8.17. The van der Waals surface area contributed by atoms with E-state index < -0.39 is 0 Å². The maximum Gasteiger partial charge on any atom is 0.234 e. The molecule has 164 valence electrons. The Morgan fingerprint density at radius 1 is 1.06 bits per heavy atom. The average Bonchev–Trinajstić information content (AvgIpc) is 3.21. The number of hydrogen-bond donors (Lipinski definition) is 1. The van der Waals surface area contributed by atoms with Gasteiger partial charge >= 0.3 is 0 Å². The quantitative estimate of drug-likeness (QED) is 0.427. The third-order valence-electron chi connectivity index (χ3n) is 4.42. The second kappa shape index (κ2) is 10.5. The van der Waals surface area contributed by atoms with Gasteiger partial charge in [-0.2, -0.15) is 0 Å². The van der Waals surface area contributed by atoms with Gasteiger partial charge in [0.15, 0.2) is 22.5 Å². The summed E-state index contributed by atoms with van der Waals surface area (Å²) in [5, 5.41) is 12.1. The molecule has 10 heteroatoms. The number of carbonyl (C=O) groups excluding carboxylic acids is 1. The Balaban J connectivity index is 1.79. The van der Waals surface area contributed by atoms with Crippen molar-refractivity contribution in [2.75, 3.05) is 32.4 Å². The van der Waals surface area contributed by atoms with Crippen molar-refractivity contribution in [3.8, 4) is 28.6 Å². The van der Waals surface area contributed by atoms with Crippen molar-refractivity contribution in [1.29, 1.82) is 0 Å². The number of benzene rings is 2. The molecular formula is C21H23BrN4O4S. The number of nitrogens with zero attached hydrogens (tertiary/aromatic N) is 3. The van der Waals surface area contributed by atoms with Gasteiger partial charge in [-0.25, -0.2) is 0 Å². The average molecular weight is 507 g/mol. The first kappa shape index (κ1) is 23.0. The Bertz CT molecular complexity index is 1030. The number of rotatable bonds is 9. The number of ether oxygens (including phenoxy) is 3. The normalized spacial score (nSPS) is 10.6. The lowest BCUT2D eigenvalue weighted by molar-refractivity contribution is -0.113. The van der Waals surface area contributed by atoms with Crippen LogP contribution in [-0.4, -0.2) is 47.8 Å². The van der Waals surface area contributed by atoms with Crippen molar-refractivity contribution >= 4 is 39.3 Å². The monoisotopic (exact) mass is 506 g/mol. The Labute approximate surface area is 193 Å².